The number of benzene rings is 1. The lowest BCUT2D eigenvalue weighted by atomic mass is 10.0. The molecule has 1 atom stereocenters. The molecule has 0 saturated heterocycles. The Kier molecular flexibility index (Phi) is 5.95. The molecule has 33 heavy (non-hydrogen) atoms. The molecule has 1 unspecified atom stereocenters. The molecular formula is C24H22FN3O5. The Morgan fingerprint density at radius 3 is 2.52 bits per heavy atom. The summed E-state index contributed by atoms with van der Waals surface area (Å²) in [5.41, 5.74) is 2.76. The van der Waals surface area contributed by atoms with Gasteiger partial charge >= 0.3 is 5.97 Å². The number of halogens is 1. The molecule has 0 spiro atoms. The second kappa shape index (κ2) is 8.85. The number of rotatable bonds is 6. The molecule has 1 amide bonds. The predicted octanol–water partition coefficient (Wildman–Crippen LogP) is 4.58. The average Bonchev–Trinajstić information content (AvgIpc) is 3.34. The van der Waals surface area contributed by atoms with Crippen molar-refractivity contribution in [1.29, 1.82) is 0 Å². The minimum atomic E-state index is -0.740. The molecule has 0 bridgehead atoms. The molecule has 9 heteroatoms. The van der Waals surface area contributed by atoms with Crippen LogP contribution in [0.25, 0.3) is 22.4 Å². The maximum absolute atomic E-state index is 13.4. The van der Waals surface area contributed by atoms with Gasteiger partial charge in [-0.2, -0.15) is 0 Å². The lowest BCUT2D eigenvalue weighted by Gasteiger charge is -2.19. The zero-order chi connectivity index (χ0) is 23.7. The van der Waals surface area contributed by atoms with Gasteiger partial charge in [-0.15, -0.1) is 0 Å². The minimum Gasteiger partial charge on any atom is -0.469 e. The number of ether oxygens (including phenoxy) is 1. The zero-order valence-electron chi connectivity index (χ0n) is 18.6. The van der Waals surface area contributed by atoms with Gasteiger partial charge in [0.05, 0.1) is 41.9 Å². The van der Waals surface area contributed by atoms with Crippen LogP contribution in [0.3, 0.4) is 0 Å². The van der Waals surface area contributed by atoms with Crippen molar-refractivity contribution in [3.05, 3.63) is 70.6 Å². The summed E-state index contributed by atoms with van der Waals surface area (Å²) in [6, 6.07) is 8.28. The highest BCUT2D eigenvalue weighted by Crippen LogP contribution is 2.31. The van der Waals surface area contributed by atoms with Gasteiger partial charge in [0.25, 0.3) is 11.6 Å². The maximum atomic E-state index is 13.4. The number of aromatic nitrogens is 2. The molecule has 170 valence electrons. The van der Waals surface area contributed by atoms with E-state index in [1.54, 1.807) is 19.9 Å². The van der Waals surface area contributed by atoms with Crippen LogP contribution in [0.5, 0.6) is 0 Å². The summed E-state index contributed by atoms with van der Waals surface area (Å²) in [6.45, 7) is 5.34. The fourth-order valence-electron chi connectivity index (χ4n) is 3.73. The van der Waals surface area contributed by atoms with Crippen LogP contribution in [0, 0.1) is 26.6 Å². The maximum Gasteiger partial charge on any atom is 0.307 e. The summed E-state index contributed by atoms with van der Waals surface area (Å²) < 4.78 is 29.1. The lowest BCUT2D eigenvalue weighted by Crippen LogP contribution is -2.30. The van der Waals surface area contributed by atoms with Crippen molar-refractivity contribution in [2.24, 2.45) is 0 Å². The molecule has 1 N–H and O–H groups in total. The van der Waals surface area contributed by atoms with Crippen molar-refractivity contribution in [3.8, 4) is 11.3 Å². The molecule has 0 aliphatic rings. The predicted molar refractivity (Wildman–Crippen MR) is 117 cm³/mol. The van der Waals surface area contributed by atoms with Gasteiger partial charge < -0.3 is 19.0 Å². The Bertz CT molecular complexity index is 1340. The Balaban J connectivity index is 1.76. The number of methoxy groups -OCH3 is 1. The number of hydrogen-bond donors (Lipinski definition) is 1. The first-order valence-electron chi connectivity index (χ1n) is 10.2. The molecule has 4 rings (SSSR count). The lowest BCUT2D eigenvalue weighted by molar-refractivity contribution is -0.141. The molecule has 8 nitrogen and oxygen atoms in total. The number of nitrogens with zero attached hydrogens (tertiary/aromatic N) is 2. The van der Waals surface area contributed by atoms with E-state index >= 15 is 0 Å². The normalized spacial score (nSPS) is 12.0. The molecule has 0 aliphatic carbocycles. The molecule has 3 aromatic heterocycles. The summed E-state index contributed by atoms with van der Waals surface area (Å²) >= 11 is 0. The number of esters is 1. The van der Waals surface area contributed by atoms with Crippen LogP contribution in [-0.4, -0.2) is 29.1 Å². The summed E-state index contributed by atoms with van der Waals surface area (Å²) in [6.07, 6.45) is -0.127. The van der Waals surface area contributed by atoms with Gasteiger partial charge in [0.15, 0.2) is 0 Å². The van der Waals surface area contributed by atoms with Gasteiger partial charge in [-0.05, 0) is 50.6 Å². The number of furan rings is 1. The van der Waals surface area contributed by atoms with Crippen molar-refractivity contribution in [2.45, 2.75) is 33.2 Å². The number of pyridine rings is 1. The SMILES string of the molecule is COC(=O)CC(NC(=O)c1cc(-c2cc(C)oc2C)nc2onc(C)c12)c1ccc(F)cc1. The van der Waals surface area contributed by atoms with Crippen LogP contribution in [0.1, 0.15) is 45.6 Å². The van der Waals surface area contributed by atoms with E-state index in [4.69, 9.17) is 13.7 Å². The zero-order valence-corrected chi connectivity index (χ0v) is 18.6. The fourth-order valence-corrected chi connectivity index (χ4v) is 3.73. The Morgan fingerprint density at radius 2 is 1.88 bits per heavy atom. The van der Waals surface area contributed by atoms with E-state index < -0.39 is 23.7 Å². The second-order valence-corrected chi connectivity index (χ2v) is 7.69. The Labute approximate surface area is 188 Å². The highest BCUT2D eigenvalue weighted by molar-refractivity contribution is 6.07. The van der Waals surface area contributed by atoms with Crippen LogP contribution in [0.2, 0.25) is 0 Å². The third-order valence-corrected chi connectivity index (χ3v) is 5.35. The summed E-state index contributed by atoms with van der Waals surface area (Å²) in [5, 5.41) is 7.28. The van der Waals surface area contributed by atoms with E-state index in [1.807, 2.05) is 13.0 Å². The van der Waals surface area contributed by atoms with Crippen molar-refractivity contribution in [3.63, 3.8) is 0 Å². The Morgan fingerprint density at radius 1 is 1.15 bits per heavy atom. The van der Waals surface area contributed by atoms with Gasteiger partial charge in [0.2, 0.25) is 0 Å². The van der Waals surface area contributed by atoms with E-state index in [0.717, 1.165) is 5.56 Å². The first-order valence-corrected chi connectivity index (χ1v) is 10.2. The van der Waals surface area contributed by atoms with Crippen LogP contribution in [-0.2, 0) is 9.53 Å². The van der Waals surface area contributed by atoms with Crippen molar-refractivity contribution >= 4 is 23.0 Å². The van der Waals surface area contributed by atoms with Gasteiger partial charge in [-0.1, -0.05) is 17.3 Å². The number of hydrogen-bond acceptors (Lipinski definition) is 7. The largest absolute Gasteiger partial charge is 0.469 e. The van der Waals surface area contributed by atoms with E-state index in [2.05, 4.69) is 15.5 Å². The number of carbonyl (C=O) groups is 2. The number of amides is 1. The summed E-state index contributed by atoms with van der Waals surface area (Å²) in [5.74, 6) is -0.0504. The van der Waals surface area contributed by atoms with Crippen LogP contribution in [0.4, 0.5) is 4.39 Å². The van der Waals surface area contributed by atoms with Gasteiger partial charge in [0.1, 0.15) is 17.3 Å². The van der Waals surface area contributed by atoms with E-state index in [1.165, 1.54) is 31.4 Å². The smallest absolute Gasteiger partial charge is 0.307 e. The van der Waals surface area contributed by atoms with Gasteiger partial charge in [-0.25, -0.2) is 9.37 Å². The highest BCUT2D eigenvalue weighted by atomic mass is 19.1. The third-order valence-electron chi connectivity index (χ3n) is 5.35. The summed E-state index contributed by atoms with van der Waals surface area (Å²) in [4.78, 5) is 29.9. The minimum absolute atomic E-state index is 0.127. The van der Waals surface area contributed by atoms with Crippen LogP contribution in [0.15, 0.2) is 45.3 Å². The van der Waals surface area contributed by atoms with Crippen molar-refractivity contribution < 1.29 is 27.7 Å². The average molecular weight is 451 g/mol. The number of carbonyl (C=O) groups excluding carboxylic acids is 2. The topological polar surface area (TPSA) is 107 Å². The Hall–Kier alpha value is -4.01. The first kappa shape index (κ1) is 22.2. The van der Waals surface area contributed by atoms with Gasteiger partial charge in [0, 0.05) is 5.56 Å². The molecule has 0 fully saturated rings. The molecule has 3 heterocycles. The molecule has 1 aromatic carbocycles. The van der Waals surface area contributed by atoms with Crippen molar-refractivity contribution in [2.75, 3.05) is 7.11 Å². The molecule has 0 radical (unpaired) electrons. The molecule has 4 aromatic rings. The van der Waals surface area contributed by atoms with E-state index in [9.17, 15) is 14.0 Å². The quantitative estimate of drug-likeness (QED) is 0.428. The standard InChI is InChI=1S/C24H22FN3O5/c1-12-9-17(14(3)32-12)20-10-18(22-13(2)28-33-24(22)27-20)23(30)26-19(11-21(29)31-4)15-5-7-16(25)8-6-15/h5-10,19H,11H2,1-4H3,(H,26,30). The number of aryl methyl sites for hydroxylation is 3. The monoisotopic (exact) mass is 451 g/mol. The number of nitrogens with one attached hydrogen (secondary N) is 1. The third kappa shape index (κ3) is 4.48. The van der Waals surface area contributed by atoms with Crippen molar-refractivity contribution in [1.82, 2.24) is 15.5 Å². The van der Waals surface area contributed by atoms with Gasteiger partial charge in [-0.3, -0.25) is 9.59 Å². The molecular weight excluding hydrogens is 429 g/mol. The highest BCUT2D eigenvalue weighted by Gasteiger charge is 2.25. The van der Waals surface area contributed by atoms with E-state index in [0.29, 0.717) is 33.9 Å². The number of fused-ring (bicyclic) bond motifs is 1. The first-order chi connectivity index (χ1) is 15.8. The van der Waals surface area contributed by atoms with Crippen LogP contribution < -0.4 is 5.32 Å². The molecule has 0 aliphatic heterocycles. The fraction of sp³-hybridized carbons (Fsp3) is 0.250. The molecule has 0 saturated carbocycles. The second-order valence-electron chi connectivity index (χ2n) is 7.69. The van der Waals surface area contributed by atoms with E-state index in [-0.39, 0.29) is 17.7 Å². The summed E-state index contributed by atoms with van der Waals surface area (Å²) in [7, 11) is 1.26. The van der Waals surface area contributed by atoms with Crippen LogP contribution >= 0.6 is 0 Å².